The fourth-order valence-electron chi connectivity index (χ4n) is 2.16. The number of hydrogen-bond donors (Lipinski definition) is 3. The van der Waals surface area contributed by atoms with Crippen molar-refractivity contribution < 1.29 is 19.8 Å². The van der Waals surface area contributed by atoms with E-state index in [1.165, 1.54) is 16.0 Å². The molecule has 0 saturated heterocycles. The summed E-state index contributed by atoms with van der Waals surface area (Å²) in [4.78, 5) is 25.0. The predicted molar refractivity (Wildman–Crippen MR) is 93.6 cm³/mol. The first kappa shape index (κ1) is 17.4. The number of nitrogen functional groups attached to an aromatic ring is 1. The normalized spacial score (nSPS) is 12.8. The molecule has 0 aliphatic heterocycles. The number of rotatable bonds is 3. The molecule has 1 aliphatic rings. The number of fused-ring (bicyclic) bond motifs is 1. The monoisotopic (exact) mass is 344 g/mol. The molecule has 0 spiro atoms. The van der Waals surface area contributed by atoms with Crippen LogP contribution in [0, 0.1) is 0 Å². The zero-order valence-corrected chi connectivity index (χ0v) is 13.5. The van der Waals surface area contributed by atoms with Crippen LogP contribution in [0.1, 0.15) is 22.6 Å². The summed E-state index contributed by atoms with van der Waals surface area (Å²) >= 11 is 1.84. The number of nitrogens with two attached hydrogens (primary N) is 1. The van der Waals surface area contributed by atoms with E-state index in [0.717, 1.165) is 24.2 Å². The van der Waals surface area contributed by atoms with Gasteiger partial charge in [-0.05, 0) is 53.6 Å². The van der Waals surface area contributed by atoms with Gasteiger partial charge < -0.3 is 15.9 Å². The summed E-state index contributed by atoms with van der Waals surface area (Å²) < 4.78 is 0. The number of pyridine rings is 1. The maximum absolute atomic E-state index is 9.55. The third kappa shape index (κ3) is 5.06. The molecule has 7 heteroatoms. The summed E-state index contributed by atoms with van der Waals surface area (Å²) in [5, 5.41) is 17.8. The van der Waals surface area contributed by atoms with Gasteiger partial charge in [0, 0.05) is 28.9 Å². The number of allylic oxidation sites excluding steroid dienone is 1. The van der Waals surface area contributed by atoms with Gasteiger partial charge in [0.1, 0.15) is 0 Å². The van der Waals surface area contributed by atoms with Crippen molar-refractivity contribution in [3.8, 4) is 0 Å². The Hall–Kier alpha value is -2.93. The quantitative estimate of drug-likeness (QED) is 0.738. The van der Waals surface area contributed by atoms with Crippen LogP contribution in [0.15, 0.2) is 41.9 Å². The van der Waals surface area contributed by atoms with Gasteiger partial charge in [0.05, 0.1) is 5.69 Å². The van der Waals surface area contributed by atoms with Gasteiger partial charge in [-0.3, -0.25) is 4.98 Å². The van der Waals surface area contributed by atoms with Crippen LogP contribution >= 0.6 is 11.3 Å². The number of carboxylic acid groups (broad SMARTS) is 2. The van der Waals surface area contributed by atoms with Crippen LogP contribution < -0.4 is 5.73 Å². The average molecular weight is 344 g/mol. The molecule has 0 unspecified atom stereocenters. The molecule has 2 aromatic rings. The average Bonchev–Trinajstić information content (AvgIpc) is 3.01. The highest BCUT2D eigenvalue weighted by Gasteiger charge is 2.13. The Bertz CT molecular complexity index is 792. The summed E-state index contributed by atoms with van der Waals surface area (Å²) in [6, 6.07) is 5.94. The number of nitrogens with zero attached hydrogens (tertiary/aromatic N) is 1. The summed E-state index contributed by atoms with van der Waals surface area (Å²) in [5.41, 5.74) is 10.2. The summed E-state index contributed by atoms with van der Waals surface area (Å²) in [6.45, 7) is 0. The minimum atomic E-state index is -1.26. The SMILES string of the molecule is Nc1ccnc(C2=Cc3ccsc3CC2)c1.O=C(O)C=CC(=O)O. The number of anilines is 1. The van der Waals surface area contributed by atoms with E-state index in [0.29, 0.717) is 12.2 Å². The Morgan fingerprint density at radius 3 is 2.50 bits per heavy atom. The predicted octanol–water partition coefficient (Wildman–Crippen LogP) is 2.92. The van der Waals surface area contributed by atoms with Crippen LogP contribution in [0.3, 0.4) is 0 Å². The molecule has 24 heavy (non-hydrogen) atoms. The Morgan fingerprint density at radius 1 is 1.17 bits per heavy atom. The van der Waals surface area contributed by atoms with Crippen molar-refractivity contribution in [2.45, 2.75) is 12.8 Å². The molecule has 1 aliphatic carbocycles. The molecule has 0 aromatic carbocycles. The highest BCUT2D eigenvalue weighted by Crippen LogP contribution is 2.32. The van der Waals surface area contributed by atoms with E-state index in [1.807, 2.05) is 23.5 Å². The molecule has 0 atom stereocenters. The Labute approximate surface area is 142 Å². The van der Waals surface area contributed by atoms with Crippen molar-refractivity contribution in [3.05, 3.63) is 58.1 Å². The number of aliphatic carboxylic acids is 2. The van der Waals surface area contributed by atoms with E-state index in [-0.39, 0.29) is 0 Å². The number of aromatic nitrogens is 1. The van der Waals surface area contributed by atoms with Crippen LogP contribution in [-0.4, -0.2) is 27.1 Å². The summed E-state index contributed by atoms with van der Waals surface area (Å²) in [6.07, 6.45) is 7.30. The van der Waals surface area contributed by atoms with Crippen LogP contribution in [0.25, 0.3) is 11.6 Å². The van der Waals surface area contributed by atoms with E-state index in [9.17, 15) is 9.59 Å². The lowest BCUT2D eigenvalue weighted by Crippen LogP contribution is -1.98. The van der Waals surface area contributed by atoms with Gasteiger partial charge in [-0.1, -0.05) is 0 Å². The third-order valence-electron chi connectivity index (χ3n) is 3.21. The van der Waals surface area contributed by atoms with Crippen molar-refractivity contribution in [1.82, 2.24) is 4.98 Å². The smallest absolute Gasteiger partial charge is 0.328 e. The standard InChI is InChI=1S/C13H12N2S.C4H4O4/c14-11-3-5-15-12(8-11)9-1-2-13-10(7-9)4-6-16-13;5-3(6)1-2-4(7)8/h3-8H,1-2H2,(H2,14,15);1-2H,(H,5,6)(H,7,8). The number of carboxylic acids is 2. The summed E-state index contributed by atoms with van der Waals surface area (Å²) in [7, 11) is 0. The van der Waals surface area contributed by atoms with E-state index < -0.39 is 11.9 Å². The molecule has 3 rings (SSSR count). The maximum Gasteiger partial charge on any atom is 0.328 e. The first-order valence-electron chi connectivity index (χ1n) is 7.08. The summed E-state index contributed by atoms with van der Waals surface area (Å²) in [5.74, 6) is -2.51. The fourth-order valence-corrected chi connectivity index (χ4v) is 3.02. The molecule has 0 bridgehead atoms. The fraction of sp³-hybridized carbons (Fsp3) is 0.118. The molecular weight excluding hydrogens is 328 g/mol. The van der Waals surface area contributed by atoms with Crippen LogP contribution in [-0.2, 0) is 16.0 Å². The lowest BCUT2D eigenvalue weighted by Gasteiger charge is -2.12. The van der Waals surface area contributed by atoms with Gasteiger partial charge in [-0.15, -0.1) is 11.3 Å². The molecule has 2 aromatic heterocycles. The first-order valence-corrected chi connectivity index (χ1v) is 7.96. The Morgan fingerprint density at radius 2 is 1.88 bits per heavy atom. The van der Waals surface area contributed by atoms with Gasteiger partial charge in [0.2, 0.25) is 0 Å². The molecule has 6 nitrogen and oxygen atoms in total. The van der Waals surface area contributed by atoms with Gasteiger partial charge in [0.25, 0.3) is 0 Å². The van der Waals surface area contributed by atoms with Crippen molar-refractivity contribution in [1.29, 1.82) is 0 Å². The van der Waals surface area contributed by atoms with Crippen LogP contribution in [0.5, 0.6) is 0 Å². The molecule has 124 valence electrons. The zero-order valence-electron chi connectivity index (χ0n) is 12.7. The second-order valence-electron chi connectivity index (χ2n) is 4.95. The second-order valence-corrected chi connectivity index (χ2v) is 5.95. The van der Waals surface area contributed by atoms with Crippen LogP contribution in [0.2, 0.25) is 0 Å². The largest absolute Gasteiger partial charge is 0.478 e. The van der Waals surface area contributed by atoms with Crippen molar-refractivity contribution in [2.75, 3.05) is 5.73 Å². The Kier molecular flexibility index (Phi) is 5.86. The highest BCUT2D eigenvalue weighted by atomic mass is 32.1. The lowest BCUT2D eigenvalue weighted by molar-refractivity contribution is -0.134. The van der Waals surface area contributed by atoms with Crippen molar-refractivity contribution in [2.24, 2.45) is 0 Å². The van der Waals surface area contributed by atoms with E-state index in [2.05, 4.69) is 22.5 Å². The molecule has 0 fully saturated rings. The zero-order chi connectivity index (χ0) is 17.5. The number of aryl methyl sites for hydroxylation is 1. The van der Waals surface area contributed by atoms with E-state index >= 15 is 0 Å². The molecule has 2 heterocycles. The van der Waals surface area contributed by atoms with Crippen molar-refractivity contribution >= 4 is 40.6 Å². The van der Waals surface area contributed by atoms with Gasteiger partial charge >= 0.3 is 11.9 Å². The highest BCUT2D eigenvalue weighted by molar-refractivity contribution is 7.10. The molecular formula is C17H16N2O4S. The maximum atomic E-state index is 9.55. The molecule has 0 amide bonds. The van der Waals surface area contributed by atoms with E-state index in [4.69, 9.17) is 15.9 Å². The van der Waals surface area contributed by atoms with Gasteiger partial charge in [-0.2, -0.15) is 0 Å². The van der Waals surface area contributed by atoms with Gasteiger partial charge in [0.15, 0.2) is 0 Å². The molecule has 4 N–H and O–H groups in total. The minimum absolute atomic E-state index is 0.558. The second kappa shape index (κ2) is 8.07. The number of carbonyl (C=O) groups is 2. The van der Waals surface area contributed by atoms with Crippen LogP contribution in [0.4, 0.5) is 5.69 Å². The topological polar surface area (TPSA) is 114 Å². The van der Waals surface area contributed by atoms with Crippen molar-refractivity contribution in [3.63, 3.8) is 0 Å². The Balaban J connectivity index is 0.000000224. The minimum Gasteiger partial charge on any atom is -0.478 e. The third-order valence-corrected chi connectivity index (χ3v) is 4.21. The first-order chi connectivity index (χ1) is 11.5. The molecule has 0 radical (unpaired) electrons. The molecule has 0 saturated carbocycles. The number of hydrogen-bond acceptors (Lipinski definition) is 5. The van der Waals surface area contributed by atoms with E-state index in [1.54, 1.807) is 6.20 Å². The van der Waals surface area contributed by atoms with Gasteiger partial charge in [-0.25, -0.2) is 9.59 Å². The lowest BCUT2D eigenvalue weighted by atomic mass is 9.96. The number of thiophene rings is 1.